The smallest absolute Gasteiger partial charge is 0.263 e. The Labute approximate surface area is 251 Å². The van der Waals surface area contributed by atoms with E-state index in [4.69, 9.17) is 0 Å². The van der Waals surface area contributed by atoms with Crippen molar-refractivity contribution in [3.8, 4) is 0 Å². The van der Waals surface area contributed by atoms with E-state index in [9.17, 15) is 25.9 Å². The van der Waals surface area contributed by atoms with Crippen LogP contribution >= 0.6 is 23.1 Å². The molecule has 0 saturated heterocycles. The molecular weight excluding hydrogens is 601 g/mol. The summed E-state index contributed by atoms with van der Waals surface area (Å²) in [5, 5.41) is 2.10. The van der Waals surface area contributed by atoms with E-state index in [-0.39, 0.29) is 11.5 Å². The molecule has 0 saturated carbocycles. The molecule has 41 heavy (non-hydrogen) atoms. The molecule has 12 heteroatoms. The lowest BCUT2D eigenvalue weighted by atomic mass is 10.1. The van der Waals surface area contributed by atoms with Crippen molar-refractivity contribution in [1.29, 1.82) is 0 Å². The molecule has 1 aromatic heterocycles. The number of hydrogen-bond acceptors (Lipinski definition) is 9. The Kier molecular flexibility index (Phi) is 10.4. The van der Waals surface area contributed by atoms with E-state index < -0.39 is 20.2 Å². The number of unbranched alkanes of at least 4 members (excludes halogenated alkanes) is 2. The third kappa shape index (κ3) is 8.89. The maximum absolute atomic E-state index is 11.1. The summed E-state index contributed by atoms with van der Waals surface area (Å²) in [6, 6.07) is 12.6. The molecule has 3 aromatic rings. The van der Waals surface area contributed by atoms with Gasteiger partial charge in [0, 0.05) is 41.5 Å². The summed E-state index contributed by atoms with van der Waals surface area (Å²) in [7, 11) is -8.47. The van der Waals surface area contributed by atoms with Crippen LogP contribution in [-0.2, 0) is 26.8 Å². The second kappa shape index (κ2) is 13.4. The van der Waals surface area contributed by atoms with Gasteiger partial charge in [0.05, 0.1) is 31.0 Å². The summed E-state index contributed by atoms with van der Waals surface area (Å²) in [5.41, 5.74) is 5.55. The van der Waals surface area contributed by atoms with Crippen LogP contribution < -0.4 is 9.47 Å². The maximum Gasteiger partial charge on any atom is 0.263 e. The molecular formula is C29H35N2O6S4-. The van der Waals surface area contributed by atoms with E-state index in [1.165, 1.54) is 0 Å². The minimum absolute atomic E-state index is 0.312. The van der Waals surface area contributed by atoms with Crippen LogP contribution in [0.15, 0.2) is 58.0 Å². The van der Waals surface area contributed by atoms with E-state index in [2.05, 4.69) is 64.9 Å². The minimum Gasteiger partial charge on any atom is -0.748 e. The van der Waals surface area contributed by atoms with E-state index in [1.54, 1.807) is 23.1 Å². The standard InChI is InChI=1S/C29H36N2O6S4/c1-4-23(19-28-30(13-5-7-15-40(32,33)34)24-17-21(2)9-11-26(24)38-28)20-29-31(14-6-8-16-41(35,36)37)25-18-22(3)10-12-27(25)39-29/h9-12,17-20H,4-8,13-16H2,1-3H3,(H-,32,33,34,35,36,37)/p-1. The number of rotatable bonds is 13. The molecule has 0 radical (unpaired) electrons. The number of nitrogens with zero attached hydrogens (tertiary/aromatic N) is 2. The van der Waals surface area contributed by atoms with Gasteiger partial charge in [0.15, 0.2) is 6.54 Å². The largest absolute Gasteiger partial charge is 0.748 e. The average Bonchev–Trinajstić information content (AvgIpc) is 3.39. The van der Waals surface area contributed by atoms with E-state index in [0.29, 0.717) is 38.8 Å². The zero-order chi connectivity index (χ0) is 29.8. The zero-order valence-electron chi connectivity index (χ0n) is 23.5. The Balaban J connectivity index is 1.65. The van der Waals surface area contributed by atoms with Gasteiger partial charge in [0.25, 0.3) is 5.01 Å². The molecule has 0 N–H and O–H groups in total. The van der Waals surface area contributed by atoms with Crippen LogP contribution in [0.2, 0.25) is 0 Å². The predicted molar refractivity (Wildman–Crippen MR) is 165 cm³/mol. The van der Waals surface area contributed by atoms with Crippen LogP contribution in [0, 0.1) is 13.8 Å². The summed E-state index contributed by atoms with van der Waals surface area (Å²) in [6.07, 6.45) is 6.91. The molecule has 2 heterocycles. The van der Waals surface area contributed by atoms with E-state index >= 15 is 0 Å². The van der Waals surface area contributed by atoms with Crippen LogP contribution in [0.1, 0.15) is 55.2 Å². The molecule has 1 aliphatic rings. The Morgan fingerprint density at radius 2 is 1.59 bits per heavy atom. The summed E-state index contributed by atoms with van der Waals surface area (Å²) < 4.78 is 69.9. The Hall–Kier alpha value is -2.22. The normalized spacial score (nSPS) is 15.3. The molecule has 2 aromatic carbocycles. The molecule has 222 valence electrons. The van der Waals surface area contributed by atoms with Crippen LogP contribution in [0.3, 0.4) is 0 Å². The van der Waals surface area contributed by atoms with Gasteiger partial charge in [-0.1, -0.05) is 42.2 Å². The molecule has 0 atom stereocenters. The van der Waals surface area contributed by atoms with Gasteiger partial charge in [-0.2, -0.15) is 4.57 Å². The highest BCUT2D eigenvalue weighted by atomic mass is 32.2. The molecule has 0 spiro atoms. The minimum atomic E-state index is -4.24. The van der Waals surface area contributed by atoms with Crippen molar-refractivity contribution >= 4 is 65.3 Å². The second-order valence-electron chi connectivity index (χ2n) is 10.3. The number of benzene rings is 2. The van der Waals surface area contributed by atoms with Gasteiger partial charge in [-0.05, 0) is 80.5 Å². The number of allylic oxidation sites excluding steroid dienone is 2. The third-order valence-electron chi connectivity index (χ3n) is 6.85. The van der Waals surface area contributed by atoms with Gasteiger partial charge < -0.3 is 14.0 Å². The first-order valence-electron chi connectivity index (χ1n) is 13.6. The molecule has 0 bridgehead atoms. The van der Waals surface area contributed by atoms with Gasteiger partial charge in [0.2, 0.25) is 5.52 Å². The highest BCUT2D eigenvalue weighted by Crippen LogP contribution is 2.47. The lowest BCUT2D eigenvalue weighted by molar-refractivity contribution is -0.669. The van der Waals surface area contributed by atoms with Crippen molar-refractivity contribution in [1.82, 2.24) is 0 Å². The highest BCUT2D eigenvalue weighted by molar-refractivity contribution is 8.03. The first kappa shape index (κ1) is 31.7. The average molecular weight is 636 g/mol. The summed E-state index contributed by atoms with van der Waals surface area (Å²) >= 11 is 3.35. The number of thioether (sulfide) groups is 1. The number of thiazole rings is 1. The lowest BCUT2D eigenvalue weighted by Crippen LogP contribution is -2.35. The summed E-state index contributed by atoms with van der Waals surface area (Å²) in [6.45, 7) is 7.39. The molecule has 8 nitrogen and oxygen atoms in total. The zero-order valence-corrected chi connectivity index (χ0v) is 26.7. The van der Waals surface area contributed by atoms with Gasteiger partial charge in [-0.15, -0.1) is 0 Å². The predicted octanol–water partition coefficient (Wildman–Crippen LogP) is 5.70. The highest BCUT2D eigenvalue weighted by Gasteiger charge is 2.26. The number of hydrogen-bond donors (Lipinski definition) is 0. The Morgan fingerprint density at radius 1 is 0.927 bits per heavy atom. The fourth-order valence-corrected chi connectivity index (χ4v) is 8.16. The van der Waals surface area contributed by atoms with Crippen LogP contribution in [0.5, 0.6) is 0 Å². The maximum atomic E-state index is 11.1. The molecule has 0 unspecified atom stereocenters. The summed E-state index contributed by atoms with van der Waals surface area (Å²) in [4.78, 5) is 3.34. The number of aryl methyl sites for hydroxylation is 3. The fraction of sp³-hybridized carbons (Fsp3) is 0.414. The SMILES string of the molecule is CCC(/C=C1\Sc2ccc(C)cc2N1CCCCS(=O)(=O)[O-])=C\c1sc2ccc(C)cc2[n+]1CCCCS(=O)(=O)[O-]. The quantitative estimate of drug-likeness (QED) is 0.133. The Bertz CT molecular complexity index is 1690. The molecule has 0 fully saturated rings. The Morgan fingerprint density at radius 3 is 2.27 bits per heavy atom. The fourth-order valence-electron chi connectivity index (χ4n) is 4.76. The third-order valence-corrected chi connectivity index (χ3v) is 10.7. The number of fused-ring (bicyclic) bond motifs is 2. The first-order valence-corrected chi connectivity index (χ1v) is 18.4. The van der Waals surface area contributed by atoms with Crippen molar-refractivity contribution in [3.63, 3.8) is 0 Å². The van der Waals surface area contributed by atoms with Gasteiger partial charge in [0.1, 0.15) is 4.70 Å². The first-order chi connectivity index (χ1) is 19.3. The molecule has 1 aliphatic heterocycles. The summed E-state index contributed by atoms with van der Waals surface area (Å²) in [5.74, 6) is -0.722. The number of anilines is 1. The van der Waals surface area contributed by atoms with Crippen molar-refractivity contribution in [3.05, 3.63) is 69.2 Å². The van der Waals surface area contributed by atoms with Crippen LogP contribution in [0.4, 0.5) is 5.69 Å². The van der Waals surface area contributed by atoms with Gasteiger partial charge in [-0.3, -0.25) is 0 Å². The van der Waals surface area contributed by atoms with E-state index in [1.807, 2.05) is 13.8 Å². The van der Waals surface area contributed by atoms with Gasteiger partial charge >= 0.3 is 0 Å². The number of aromatic nitrogens is 1. The molecule has 4 rings (SSSR count). The molecule has 0 aliphatic carbocycles. The van der Waals surface area contributed by atoms with Crippen molar-refractivity contribution in [2.75, 3.05) is 23.0 Å². The van der Waals surface area contributed by atoms with Gasteiger partial charge in [-0.25, -0.2) is 16.8 Å². The van der Waals surface area contributed by atoms with E-state index in [0.717, 1.165) is 54.0 Å². The van der Waals surface area contributed by atoms with Crippen molar-refractivity contribution < 1.29 is 30.5 Å². The molecule has 0 amide bonds. The monoisotopic (exact) mass is 635 g/mol. The van der Waals surface area contributed by atoms with Crippen molar-refractivity contribution in [2.45, 2.75) is 64.3 Å². The second-order valence-corrected chi connectivity index (χ2v) is 15.5. The van der Waals surface area contributed by atoms with Crippen LogP contribution in [0.25, 0.3) is 16.3 Å². The topological polar surface area (TPSA) is 122 Å². The van der Waals surface area contributed by atoms with Crippen LogP contribution in [-0.4, -0.2) is 44.0 Å². The van der Waals surface area contributed by atoms with Crippen molar-refractivity contribution in [2.24, 2.45) is 0 Å². The lowest BCUT2D eigenvalue weighted by Gasteiger charge is -2.21.